The number of carbonyl (C=O) groups excluding carboxylic acids is 3. The average Bonchev–Trinajstić information content (AvgIpc) is 2.80. The first-order valence-electron chi connectivity index (χ1n) is 13.7. The fraction of sp³-hybridized carbons (Fsp3) is 0.710. The Morgan fingerprint density at radius 1 is 0.917 bits per heavy atom. The van der Waals surface area contributed by atoms with Crippen LogP contribution >= 0.6 is 0 Å². The van der Waals surface area contributed by atoms with Crippen molar-refractivity contribution in [1.29, 1.82) is 0 Å². The number of ether oxygens (including phenoxy) is 1. The number of amides is 1. The van der Waals surface area contributed by atoms with Gasteiger partial charge in [-0.15, -0.1) is 0 Å². The van der Waals surface area contributed by atoms with E-state index in [1.54, 1.807) is 19.9 Å². The van der Waals surface area contributed by atoms with Crippen molar-refractivity contribution in [1.82, 2.24) is 5.32 Å². The van der Waals surface area contributed by atoms with E-state index in [0.29, 0.717) is 5.92 Å². The molecule has 3 saturated carbocycles. The third-order valence-corrected chi connectivity index (χ3v) is 11.9. The van der Waals surface area contributed by atoms with Crippen LogP contribution in [0.3, 0.4) is 0 Å². The van der Waals surface area contributed by atoms with Gasteiger partial charge in [0.15, 0.2) is 5.60 Å². The molecule has 0 spiro atoms. The first kappa shape index (κ1) is 25.6. The summed E-state index contributed by atoms with van der Waals surface area (Å²) in [6.07, 6.45) is 13.3. The van der Waals surface area contributed by atoms with Crippen LogP contribution in [-0.2, 0) is 19.1 Å². The summed E-state index contributed by atoms with van der Waals surface area (Å²) in [5, 5.41) is 3.30. The molecule has 0 aromatic heterocycles. The van der Waals surface area contributed by atoms with Crippen LogP contribution in [0.2, 0.25) is 0 Å². The van der Waals surface area contributed by atoms with Crippen molar-refractivity contribution in [3.05, 3.63) is 34.9 Å². The molecule has 5 heteroatoms. The van der Waals surface area contributed by atoms with E-state index in [1.807, 2.05) is 0 Å². The molecule has 0 aromatic carbocycles. The van der Waals surface area contributed by atoms with Crippen LogP contribution in [0, 0.1) is 27.6 Å². The largest absolute Gasteiger partial charge is 0.365 e. The Balaban J connectivity index is 1.63. The fourth-order valence-electron chi connectivity index (χ4n) is 9.33. The minimum absolute atomic E-state index is 0.0461. The number of allylic oxidation sites excluding steroid dienone is 4. The monoisotopic (exact) mass is 493 g/mol. The molecule has 5 nitrogen and oxygen atoms in total. The highest BCUT2D eigenvalue weighted by Crippen LogP contribution is 2.75. The van der Waals surface area contributed by atoms with Crippen molar-refractivity contribution in [2.24, 2.45) is 27.6 Å². The van der Waals surface area contributed by atoms with E-state index < -0.39 is 17.2 Å². The van der Waals surface area contributed by atoms with Gasteiger partial charge in [-0.05, 0) is 98.2 Å². The van der Waals surface area contributed by atoms with E-state index in [2.05, 4.69) is 52.1 Å². The second-order valence-electron chi connectivity index (χ2n) is 13.9. The number of nitrogens with one attached hydrogen (secondary N) is 1. The lowest BCUT2D eigenvalue weighted by atomic mass is 9.34. The number of hydrogen-bond donors (Lipinski definition) is 1. The van der Waals surface area contributed by atoms with Gasteiger partial charge >= 0.3 is 0 Å². The third kappa shape index (κ3) is 3.07. The summed E-state index contributed by atoms with van der Waals surface area (Å²) in [4.78, 5) is 37.8. The highest BCUT2D eigenvalue weighted by Gasteiger charge is 2.67. The quantitative estimate of drug-likeness (QED) is 0.505. The Kier molecular flexibility index (Phi) is 5.36. The van der Waals surface area contributed by atoms with Gasteiger partial charge < -0.3 is 10.1 Å². The van der Waals surface area contributed by atoms with Gasteiger partial charge in [0.1, 0.15) is 0 Å². The molecule has 0 aromatic rings. The summed E-state index contributed by atoms with van der Waals surface area (Å²) in [5.74, 6) is -0.404. The van der Waals surface area contributed by atoms with Crippen LogP contribution in [0.15, 0.2) is 34.9 Å². The molecule has 196 valence electrons. The molecule has 36 heavy (non-hydrogen) atoms. The zero-order valence-electron chi connectivity index (χ0n) is 23.4. The molecule has 0 radical (unpaired) electrons. The smallest absolute Gasteiger partial charge is 0.238 e. The first-order valence-corrected chi connectivity index (χ1v) is 13.7. The minimum atomic E-state index is -1.23. The lowest BCUT2D eigenvalue weighted by Gasteiger charge is -2.70. The summed E-state index contributed by atoms with van der Waals surface area (Å²) in [6, 6.07) is 0. The molecule has 7 atom stereocenters. The molecule has 3 fully saturated rings. The lowest BCUT2D eigenvalue weighted by molar-refractivity contribution is -0.156. The van der Waals surface area contributed by atoms with Crippen LogP contribution in [0.1, 0.15) is 93.4 Å². The van der Waals surface area contributed by atoms with Crippen LogP contribution < -0.4 is 5.32 Å². The maximum absolute atomic E-state index is 12.9. The van der Waals surface area contributed by atoms with Gasteiger partial charge in [-0.25, -0.2) is 0 Å². The zero-order valence-corrected chi connectivity index (χ0v) is 23.4. The van der Waals surface area contributed by atoms with Crippen molar-refractivity contribution in [3.8, 4) is 0 Å². The highest BCUT2D eigenvalue weighted by atomic mass is 16.5. The van der Waals surface area contributed by atoms with Crippen molar-refractivity contribution < 1.29 is 19.1 Å². The molecule has 5 rings (SSSR count). The Bertz CT molecular complexity index is 1160. The number of hydrogen-bond acceptors (Lipinski definition) is 4. The maximum Gasteiger partial charge on any atom is 0.238 e. The van der Waals surface area contributed by atoms with Gasteiger partial charge in [0, 0.05) is 25.0 Å². The van der Waals surface area contributed by atoms with Crippen LogP contribution in [0.4, 0.5) is 0 Å². The average molecular weight is 494 g/mol. The van der Waals surface area contributed by atoms with Crippen LogP contribution in [0.25, 0.3) is 0 Å². The summed E-state index contributed by atoms with van der Waals surface area (Å²) in [6.45, 7) is 15.3. The summed E-state index contributed by atoms with van der Waals surface area (Å²) in [7, 11) is 1.52. The predicted octanol–water partition coefficient (Wildman–Crippen LogP) is 5.64. The summed E-state index contributed by atoms with van der Waals surface area (Å²) in [5.41, 5.74) is 1.77. The molecule has 0 unspecified atom stereocenters. The van der Waals surface area contributed by atoms with Crippen molar-refractivity contribution in [3.63, 3.8) is 0 Å². The van der Waals surface area contributed by atoms with E-state index >= 15 is 0 Å². The van der Waals surface area contributed by atoms with Gasteiger partial charge in [-0.3, -0.25) is 14.4 Å². The number of carbonyl (C=O) groups is 3. The number of Topliss-reactive ketones (excluding diaryl/α,β-unsaturated/α-hetero) is 1. The Morgan fingerprint density at radius 2 is 1.58 bits per heavy atom. The molecule has 0 bridgehead atoms. The van der Waals surface area contributed by atoms with E-state index in [-0.39, 0.29) is 33.1 Å². The van der Waals surface area contributed by atoms with E-state index in [0.717, 1.165) is 56.1 Å². The molecule has 5 aliphatic carbocycles. The molecule has 0 saturated heterocycles. The van der Waals surface area contributed by atoms with Gasteiger partial charge in [0.25, 0.3) is 0 Å². The molecular weight excluding hydrogens is 450 g/mol. The van der Waals surface area contributed by atoms with Gasteiger partial charge in [-0.1, -0.05) is 45.4 Å². The molecular formula is C31H43NO4. The third-order valence-electron chi connectivity index (χ3n) is 11.9. The predicted molar refractivity (Wildman–Crippen MR) is 140 cm³/mol. The minimum Gasteiger partial charge on any atom is -0.365 e. The Morgan fingerprint density at radius 3 is 2.22 bits per heavy atom. The summed E-state index contributed by atoms with van der Waals surface area (Å²) < 4.78 is 5.70. The SMILES string of the molecule is CO[C@]1(C)C(=O)C(=O)C=C2C1=CC=C1[C@@]2(C)CC[C@@]2(C)[C@@H]3C[C@](C)(NC(C)=O)CC[C@]3(C)CC[C@]12C. The van der Waals surface area contributed by atoms with Crippen LogP contribution in [0.5, 0.6) is 0 Å². The normalized spacial score (nSPS) is 47.9. The molecule has 0 heterocycles. The molecule has 1 amide bonds. The maximum atomic E-state index is 12.9. The highest BCUT2D eigenvalue weighted by molar-refractivity contribution is 6.46. The second kappa shape index (κ2) is 7.52. The standard InChI is InChI=1S/C31H43NO4/c1-19(33)32-27(3)13-11-26(2)12-15-29(5)23-10-9-20-21(17-22(34)25(35)31(20,7)36-8)28(23,4)14-16-30(29,6)24(26)18-27/h9-10,17,24H,11-16,18H2,1-8H3,(H,32,33)/t24-,26-,27-,28+,29-,30+,31+/m1/s1. The van der Waals surface area contributed by atoms with Crippen LogP contribution in [-0.4, -0.2) is 35.7 Å². The Labute approximate surface area is 216 Å². The number of methoxy groups -OCH3 is 1. The number of rotatable bonds is 2. The zero-order chi connectivity index (χ0) is 26.5. The van der Waals surface area contributed by atoms with E-state index in [9.17, 15) is 14.4 Å². The molecule has 0 aliphatic heterocycles. The number of ketones is 2. The first-order chi connectivity index (χ1) is 16.6. The summed E-state index contributed by atoms with van der Waals surface area (Å²) >= 11 is 0. The van der Waals surface area contributed by atoms with E-state index in [1.165, 1.54) is 12.7 Å². The van der Waals surface area contributed by atoms with Gasteiger partial charge in [-0.2, -0.15) is 0 Å². The Hall–Kier alpha value is -2.01. The fourth-order valence-corrected chi connectivity index (χ4v) is 9.33. The molecule has 5 aliphatic rings. The van der Waals surface area contributed by atoms with Gasteiger partial charge in [0.2, 0.25) is 17.5 Å². The molecule has 1 N–H and O–H groups in total. The van der Waals surface area contributed by atoms with Gasteiger partial charge in [0.05, 0.1) is 0 Å². The number of fused-ring (bicyclic) bond motifs is 7. The topological polar surface area (TPSA) is 72.5 Å². The van der Waals surface area contributed by atoms with E-state index in [4.69, 9.17) is 4.74 Å². The van der Waals surface area contributed by atoms with Crippen molar-refractivity contribution >= 4 is 17.5 Å². The van der Waals surface area contributed by atoms with Crippen molar-refractivity contribution in [2.45, 2.75) is 105 Å². The van der Waals surface area contributed by atoms with Crippen molar-refractivity contribution in [2.75, 3.05) is 7.11 Å². The second-order valence-corrected chi connectivity index (χ2v) is 13.9. The lowest BCUT2D eigenvalue weighted by Crippen LogP contribution is -2.64.